The van der Waals surface area contributed by atoms with E-state index in [1.807, 2.05) is 132 Å². The van der Waals surface area contributed by atoms with Gasteiger partial charge in [0.05, 0.1) is 56.6 Å². The van der Waals surface area contributed by atoms with Gasteiger partial charge in [-0.05, 0) is 263 Å². The van der Waals surface area contributed by atoms with Gasteiger partial charge in [0, 0.05) is 190 Å². The first kappa shape index (κ1) is 80.1. The van der Waals surface area contributed by atoms with Crippen molar-refractivity contribution in [2.75, 3.05) is 75.2 Å². The molecule has 4 aliphatic heterocycles. The molecule has 3 atom stereocenters. The predicted molar refractivity (Wildman–Crippen MR) is 491 cm³/mol. The van der Waals surface area contributed by atoms with Crippen molar-refractivity contribution in [3.63, 3.8) is 0 Å². The number of rotatable bonds is 12. The summed E-state index contributed by atoms with van der Waals surface area (Å²) in [6.45, 7) is 27.3. The topological polar surface area (TPSA) is 245 Å². The molecule has 0 spiro atoms. The van der Waals surface area contributed by atoms with Crippen molar-refractivity contribution < 1.29 is 0 Å². The summed E-state index contributed by atoms with van der Waals surface area (Å²) in [5, 5.41) is 18.0. The third-order valence-electron chi connectivity index (χ3n) is 26.3. The van der Waals surface area contributed by atoms with Crippen LogP contribution in [0.4, 0.5) is 11.4 Å². The van der Waals surface area contributed by atoms with Crippen LogP contribution in [-0.2, 0) is 14.1 Å². The first-order chi connectivity index (χ1) is 60.0. The molecule has 26 nitrogen and oxygen atoms in total. The Balaban J connectivity index is 0.000000105. The van der Waals surface area contributed by atoms with Crippen LogP contribution in [-0.4, -0.2) is 175 Å². The first-order valence-electron chi connectivity index (χ1n) is 44.5. The zero-order valence-corrected chi connectivity index (χ0v) is 72.5. The van der Waals surface area contributed by atoms with Crippen LogP contribution in [0.3, 0.4) is 0 Å². The summed E-state index contributed by atoms with van der Waals surface area (Å²) >= 11 is 0. The van der Waals surface area contributed by atoms with Crippen molar-refractivity contribution in [2.45, 2.75) is 167 Å². The van der Waals surface area contributed by atoms with E-state index in [-0.39, 0.29) is 22.2 Å². The summed E-state index contributed by atoms with van der Waals surface area (Å²) in [4.78, 5) is 90.9. The molecule has 14 aromatic heterocycles. The molecule has 634 valence electrons. The second-order valence-electron chi connectivity index (χ2n) is 36.2. The van der Waals surface area contributed by atoms with Gasteiger partial charge in [-0.25, -0.2) is 29.9 Å². The highest BCUT2D eigenvalue weighted by atomic mass is 16.1. The minimum absolute atomic E-state index is 0.0216. The molecule has 0 unspecified atom stereocenters. The Kier molecular flexibility index (Phi) is 21.1. The lowest BCUT2D eigenvalue weighted by Crippen LogP contribution is -2.54. The second-order valence-corrected chi connectivity index (χ2v) is 36.2. The van der Waals surface area contributed by atoms with Crippen LogP contribution in [0.1, 0.15) is 160 Å². The fraction of sp³-hybridized carbons (Fsp3) is 0.388. The number of imidazole rings is 2. The number of piperidine rings is 2. The number of likely N-dealkylation sites (tertiary alicyclic amines) is 2. The molecule has 2 N–H and O–H groups in total. The van der Waals surface area contributed by atoms with E-state index in [1.54, 1.807) is 51.2 Å². The van der Waals surface area contributed by atoms with Gasteiger partial charge in [0.15, 0.2) is 0 Å². The molecule has 0 radical (unpaired) electrons. The lowest BCUT2D eigenvalue weighted by Gasteiger charge is -2.37. The summed E-state index contributed by atoms with van der Waals surface area (Å²) in [7, 11) is 3.82. The summed E-state index contributed by atoms with van der Waals surface area (Å²) in [5.74, 6) is 2.16. The number of anilines is 2. The summed E-state index contributed by atoms with van der Waals surface area (Å²) in [6, 6.07) is 37.6. The number of aryl methyl sites for hydroxylation is 6. The maximum Gasteiger partial charge on any atom is 0.258 e. The van der Waals surface area contributed by atoms with E-state index in [0.717, 1.165) is 172 Å². The Morgan fingerprint density at radius 1 is 0.387 bits per heavy atom. The lowest BCUT2D eigenvalue weighted by atomic mass is 9.89. The van der Waals surface area contributed by atoms with Crippen LogP contribution < -0.4 is 42.7 Å². The molecular formula is C98H108N22O4. The van der Waals surface area contributed by atoms with Gasteiger partial charge in [-0.15, -0.1) is 0 Å². The van der Waals surface area contributed by atoms with Crippen LogP contribution in [0.25, 0.3) is 101 Å². The molecule has 0 amide bonds. The Hall–Kier alpha value is -12.4. The van der Waals surface area contributed by atoms with Gasteiger partial charge < -0.3 is 39.0 Å². The highest BCUT2D eigenvalue weighted by molar-refractivity contribution is 5.85. The fourth-order valence-electron chi connectivity index (χ4n) is 19.5. The minimum atomic E-state index is -0.0574. The Bertz CT molecular complexity index is 7090. The van der Waals surface area contributed by atoms with E-state index in [1.165, 1.54) is 86.7 Å². The van der Waals surface area contributed by atoms with E-state index in [2.05, 4.69) is 133 Å². The Morgan fingerprint density at radius 3 is 1.28 bits per heavy atom. The molecule has 0 bridgehead atoms. The Labute approximate surface area is 718 Å². The zero-order chi connectivity index (χ0) is 85.0. The normalized spacial score (nSPS) is 18.8. The highest BCUT2D eigenvalue weighted by Crippen LogP contribution is 2.45. The van der Waals surface area contributed by atoms with Crippen molar-refractivity contribution in [1.29, 1.82) is 0 Å². The number of aromatic nitrogens is 16. The fourth-order valence-corrected chi connectivity index (χ4v) is 19.5. The van der Waals surface area contributed by atoms with Gasteiger partial charge in [-0.1, -0.05) is 31.2 Å². The number of hydrogen-bond donors (Lipinski definition) is 2. The smallest absolute Gasteiger partial charge is 0.258 e. The first-order valence-corrected chi connectivity index (χ1v) is 44.5. The molecule has 3 aliphatic carbocycles. The number of pyridine rings is 6. The number of hydrogen-bond acceptors (Lipinski definition) is 18. The van der Waals surface area contributed by atoms with Crippen LogP contribution in [0.15, 0.2) is 190 Å². The quantitative estimate of drug-likeness (QED) is 0.115. The molecule has 7 aliphatic rings. The molecule has 7 fully saturated rings. The third-order valence-corrected chi connectivity index (χ3v) is 26.3. The molecule has 18 heterocycles. The predicted octanol–water partition coefficient (Wildman–Crippen LogP) is 14.0. The van der Waals surface area contributed by atoms with Gasteiger partial charge in [-0.3, -0.25) is 46.1 Å². The maximum atomic E-state index is 13.1. The minimum Gasteiger partial charge on any atom is -0.368 e. The highest BCUT2D eigenvalue weighted by Gasteiger charge is 2.34. The summed E-state index contributed by atoms with van der Waals surface area (Å²) in [6.07, 6.45) is 32.2. The van der Waals surface area contributed by atoms with Gasteiger partial charge in [0.2, 0.25) is 0 Å². The molecule has 16 aromatic rings. The van der Waals surface area contributed by atoms with E-state index < -0.39 is 0 Å². The summed E-state index contributed by atoms with van der Waals surface area (Å²) < 4.78 is 14.6. The molecular weight excluding hydrogens is 1550 g/mol. The average molecular weight is 1660 g/mol. The zero-order valence-electron chi connectivity index (χ0n) is 72.5. The molecule has 3 saturated carbocycles. The number of fused-ring (bicyclic) bond motifs is 8. The SMILES string of the molecule is CCN1CCC(c2cc(C)c3nc(-c4ccc5nn(C)cc5c4)cc(=O)n3c2)CC1.Cc1cc(C2CCN(C3CC3)CC2)cn2c(=O)cc(-c3ccc4nn(C)cc4c3)nc12.Cc1cn2cc(-c3cc(=O)n4cc(N5CCN[C@@H](C)C5)ccc4n3)cc(C3CC3)c2n1.Cc1cn2cc(-c3cc(=O)n4cc(N5C[C@@H](C)N[C@@H](C)C5)ccc4n3)cc(C3CC3)c2n1. The van der Waals surface area contributed by atoms with E-state index in [0.29, 0.717) is 75.9 Å². The monoisotopic (exact) mass is 1660 g/mol. The second kappa shape index (κ2) is 32.7. The van der Waals surface area contributed by atoms with Gasteiger partial charge in [0.1, 0.15) is 33.9 Å². The standard InChI is InChI=1S/C25H28N6O.C25H27N5O.C24H26N6O.C24H27N5O/c1-15-10-29(11-16(2)26-15)20-6-7-23-28-22(9-24(32)31(23)14-20)19-8-21(18-4-5-18)25-27-17(3)12-30(25)13-19;1-16-11-19(17-7-9-29(10-8-17)21-4-5-21)15-30-24(31)13-23(26-25(16)30)18-3-6-22-20(12-18)14-28(2)27-22;1-15-11-28(8-7-25-15)19-5-6-22-27-21(10-23(31)30(22)14-19)18-9-20(17-3-4-17)24-26-16(2)12-29(24)13-18;1-4-28-9-7-17(8-10-28)19-11-16(2)24-25-22(13-23(30)29(24)15-19)18-5-6-21-20(12-18)14-27(3)26-21/h6-9,12-16,18,26H,4-5,10-11H2,1-3H3;3,6,11-15,17,21H,4-5,7-10H2,1-2H3;5-6,9-10,12-15,17,25H,3-4,7-8,11H2,1-2H3;5-6,11-15,17H,4,7-10H2,1-3H3/t15-,16+;;15-;/m..0./s1. The van der Waals surface area contributed by atoms with E-state index in [9.17, 15) is 19.2 Å². The van der Waals surface area contributed by atoms with Crippen molar-refractivity contribution in [3.05, 3.63) is 257 Å². The third kappa shape index (κ3) is 16.4. The van der Waals surface area contributed by atoms with Gasteiger partial charge in [0.25, 0.3) is 22.2 Å². The Morgan fingerprint density at radius 2 is 0.831 bits per heavy atom. The molecule has 4 saturated heterocycles. The van der Waals surface area contributed by atoms with Crippen LogP contribution in [0, 0.1) is 27.7 Å². The number of piperazine rings is 2. The molecule has 124 heavy (non-hydrogen) atoms. The van der Waals surface area contributed by atoms with Crippen LogP contribution >= 0.6 is 0 Å². The van der Waals surface area contributed by atoms with Crippen LogP contribution in [0.5, 0.6) is 0 Å². The molecule has 2 aromatic carbocycles. The van der Waals surface area contributed by atoms with Crippen molar-refractivity contribution in [2.24, 2.45) is 14.1 Å². The maximum absolute atomic E-state index is 13.1. The van der Waals surface area contributed by atoms with Crippen molar-refractivity contribution >= 4 is 67.1 Å². The van der Waals surface area contributed by atoms with E-state index in [4.69, 9.17) is 29.9 Å². The molecule has 26 heteroatoms. The number of benzene rings is 2. The lowest BCUT2D eigenvalue weighted by molar-refractivity contribution is 0.203. The molecule has 23 rings (SSSR count). The van der Waals surface area contributed by atoms with Gasteiger partial charge in [-0.2, -0.15) is 10.2 Å². The summed E-state index contributed by atoms with van der Waals surface area (Å²) in [5.41, 5.74) is 24.5. The average Bonchev–Trinajstić information content (AvgIpc) is 1.10. The van der Waals surface area contributed by atoms with Crippen LogP contribution in [0.2, 0.25) is 0 Å². The van der Waals surface area contributed by atoms with E-state index >= 15 is 0 Å². The van der Waals surface area contributed by atoms with Crippen molar-refractivity contribution in [3.8, 4) is 45.0 Å². The van der Waals surface area contributed by atoms with Crippen molar-refractivity contribution in [1.82, 2.24) is 96.3 Å². The number of nitrogens with zero attached hydrogens (tertiary/aromatic N) is 20. The largest absolute Gasteiger partial charge is 0.368 e. The number of nitrogens with one attached hydrogen (secondary N) is 2. The van der Waals surface area contributed by atoms with Gasteiger partial charge >= 0.3 is 0 Å².